The summed E-state index contributed by atoms with van der Waals surface area (Å²) in [6, 6.07) is 2.90. The number of likely N-dealkylation sites (N-methyl/N-ethyl adjacent to an activating group) is 1. The fourth-order valence-electron chi connectivity index (χ4n) is 4.27. The molecule has 1 fully saturated rings. The van der Waals surface area contributed by atoms with E-state index in [1.165, 1.54) is 28.3 Å². The average Bonchev–Trinajstić information content (AvgIpc) is 3.34. The number of hydrazine groups is 1. The largest absolute Gasteiger partial charge is 0.393 e. The minimum absolute atomic E-state index is 0.00164. The molecule has 2 aliphatic rings. The number of carbonyl (C=O) groups is 1. The molecule has 15 nitrogen and oxygen atoms in total. The second-order valence-electron chi connectivity index (χ2n) is 8.88. The standard InChI is InChI=1S/C22H26FN11O4/c1-32(17(36)8-15-26-10-24-11-27-15)16-3-2-12(9-25-16)30-31-21-28-18-19(29-21)33(5-4-23)22(38)34(20(18)37)13-6-14(35)7-13/h2-3,9-11,13-14,21,28-31,35H,4-8H2,1H3. The van der Waals surface area contributed by atoms with E-state index in [2.05, 4.69) is 41.4 Å². The van der Waals surface area contributed by atoms with Crippen LogP contribution in [0.1, 0.15) is 24.7 Å². The van der Waals surface area contributed by atoms with Crippen LogP contribution in [-0.2, 0) is 17.8 Å². The summed E-state index contributed by atoms with van der Waals surface area (Å²) in [4.78, 5) is 55.8. The first-order valence-electron chi connectivity index (χ1n) is 11.9. The lowest BCUT2D eigenvalue weighted by atomic mass is 9.89. The molecule has 0 radical (unpaired) electrons. The van der Waals surface area contributed by atoms with Crippen LogP contribution in [0.5, 0.6) is 0 Å². The Morgan fingerprint density at radius 1 is 1.21 bits per heavy atom. The summed E-state index contributed by atoms with van der Waals surface area (Å²) in [7, 11) is 1.59. The predicted molar refractivity (Wildman–Crippen MR) is 134 cm³/mol. The zero-order valence-corrected chi connectivity index (χ0v) is 20.3. The van der Waals surface area contributed by atoms with E-state index in [-0.39, 0.29) is 30.4 Å². The number of nitrogens with one attached hydrogen (secondary N) is 4. The van der Waals surface area contributed by atoms with E-state index in [0.29, 0.717) is 30.2 Å². The number of alkyl halides is 1. The second kappa shape index (κ2) is 10.5. The maximum Gasteiger partial charge on any atom is 0.333 e. The summed E-state index contributed by atoms with van der Waals surface area (Å²) in [5.74, 6) is 0.697. The second-order valence-corrected chi connectivity index (χ2v) is 8.88. The number of rotatable bonds is 9. The van der Waals surface area contributed by atoms with Crippen LogP contribution >= 0.6 is 0 Å². The Labute approximate surface area is 214 Å². The number of hydrogen-bond acceptors (Lipinski definition) is 12. The van der Waals surface area contributed by atoms with Gasteiger partial charge >= 0.3 is 5.69 Å². The van der Waals surface area contributed by atoms with Crippen molar-refractivity contribution in [1.82, 2.24) is 34.5 Å². The molecule has 3 aromatic heterocycles. The third-order valence-electron chi connectivity index (χ3n) is 6.39. The van der Waals surface area contributed by atoms with Crippen molar-refractivity contribution in [3.63, 3.8) is 0 Å². The molecule has 38 heavy (non-hydrogen) atoms. The van der Waals surface area contributed by atoms with E-state index < -0.39 is 36.4 Å². The van der Waals surface area contributed by atoms with Crippen molar-refractivity contribution >= 4 is 28.9 Å². The lowest BCUT2D eigenvalue weighted by Crippen LogP contribution is -2.47. The lowest BCUT2D eigenvalue weighted by molar-refractivity contribution is -0.117. The summed E-state index contributed by atoms with van der Waals surface area (Å²) in [6.07, 6.45) is 3.46. The SMILES string of the molecule is CN(C(=O)Cc1ncncn1)c1ccc(NNC2Nc3c(n(CCF)c(=O)n(C4CC(O)C4)c3=O)N2)cn1. The normalized spacial score (nSPS) is 19.6. The molecule has 0 saturated heterocycles. The number of aromatic nitrogens is 6. The molecule has 5 rings (SSSR count). The van der Waals surface area contributed by atoms with Crippen LogP contribution in [-0.4, -0.2) is 66.2 Å². The van der Waals surface area contributed by atoms with E-state index >= 15 is 0 Å². The highest BCUT2D eigenvalue weighted by Crippen LogP contribution is 2.31. The van der Waals surface area contributed by atoms with E-state index in [4.69, 9.17) is 0 Å². The summed E-state index contributed by atoms with van der Waals surface area (Å²) in [5, 5.41) is 15.6. The van der Waals surface area contributed by atoms with Gasteiger partial charge in [-0.15, -0.1) is 0 Å². The van der Waals surface area contributed by atoms with Crippen LogP contribution in [0.4, 0.5) is 27.4 Å². The Kier molecular flexibility index (Phi) is 6.97. The van der Waals surface area contributed by atoms with Crippen LogP contribution in [0, 0.1) is 0 Å². The lowest BCUT2D eigenvalue weighted by Gasteiger charge is -2.32. The molecule has 5 N–H and O–H groups in total. The van der Waals surface area contributed by atoms with Crippen molar-refractivity contribution < 1.29 is 14.3 Å². The van der Waals surface area contributed by atoms with Gasteiger partial charge in [0.05, 0.1) is 31.0 Å². The van der Waals surface area contributed by atoms with Gasteiger partial charge in [-0.25, -0.2) is 29.1 Å². The molecule has 1 atom stereocenters. The molecule has 0 spiro atoms. The molecular formula is C22H26FN11O4. The molecule has 200 valence electrons. The third kappa shape index (κ3) is 4.90. The van der Waals surface area contributed by atoms with Crippen molar-refractivity contribution in [2.24, 2.45) is 0 Å². The molecule has 4 heterocycles. The first-order valence-corrected chi connectivity index (χ1v) is 11.9. The summed E-state index contributed by atoms with van der Waals surface area (Å²) >= 11 is 0. The quantitative estimate of drug-likeness (QED) is 0.219. The predicted octanol–water partition coefficient (Wildman–Crippen LogP) is -0.802. The highest BCUT2D eigenvalue weighted by Gasteiger charge is 2.35. The van der Waals surface area contributed by atoms with Crippen LogP contribution in [0.25, 0.3) is 0 Å². The summed E-state index contributed by atoms with van der Waals surface area (Å²) < 4.78 is 15.5. The number of fused-ring (bicyclic) bond motifs is 1. The topological polar surface area (TPSA) is 184 Å². The van der Waals surface area contributed by atoms with E-state index in [1.807, 2.05) is 0 Å². The Hall–Kier alpha value is -4.44. The van der Waals surface area contributed by atoms with Gasteiger partial charge in [-0.3, -0.25) is 23.6 Å². The van der Waals surface area contributed by atoms with Gasteiger partial charge < -0.3 is 21.2 Å². The fraction of sp³-hybridized carbons (Fsp3) is 0.409. The molecular weight excluding hydrogens is 501 g/mol. The molecule has 1 amide bonds. The molecule has 1 unspecified atom stereocenters. The summed E-state index contributed by atoms with van der Waals surface area (Å²) in [6.45, 7) is -1.02. The number of halogens is 1. The van der Waals surface area contributed by atoms with Gasteiger partial charge in [-0.1, -0.05) is 0 Å². The van der Waals surface area contributed by atoms with Gasteiger partial charge in [0.1, 0.15) is 42.5 Å². The maximum atomic E-state index is 13.2. The number of carbonyl (C=O) groups excluding carboxylic acids is 1. The fourth-order valence-corrected chi connectivity index (χ4v) is 4.27. The highest BCUT2D eigenvalue weighted by molar-refractivity contribution is 5.93. The van der Waals surface area contributed by atoms with Gasteiger partial charge in [0.25, 0.3) is 5.56 Å². The van der Waals surface area contributed by atoms with Crippen molar-refractivity contribution in [1.29, 1.82) is 0 Å². The van der Waals surface area contributed by atoms with E-state index in [1.54, 1.807) is 19.2 Å². The smallest absolute Gasteiger partial charge is 0.333 e. The number of pyridine rings is 1. The number of aliphatic hydroxyl groups excluding tert-OH is 1. The Morgan fingerprint density at radius 3 is 2.63 bits per heavy atom. The highest BCUT2D eigenvalue weighted by atomic mass is 19.1. The van der Waals surface area contributed by atoms with Crippen LogP contribution < -0.4 is 37.6 Å². The Bertz CT molecular complexity index is 1420. The zero-order valence-electron chi connectivity index (χ0n) is 20.3. The summed E-state index contributed by atoms with van der Waals surface area (Å²) in [5.41, 5.74) is 5.39. The van der Waals surface area contributed by atoms with Crippen molar-refractivity contribution in [3.05, 3.63) is 57.6 Å². The zero-order chi connectivity index (χ0) is 26.8. The monoisotopic (exact) mass is 527 g/mol. The first-order chi connectivity index (χ1) is 18.4. The Balaban J connectivity index is 1.23. The van der Waals surface area contributed by atoms with Gasteiger partial charge in [0.2, 0.25) is 5.91 Å². The van der Waals surface area contributed by atoms with Gasteiger partial charge in [0.15, 0.2) is 6.29 Å². The molecule has 1 aliphatic heterocycles. The van der Waals surface area contributed by atoms with Crippen molar-refractivity contribution in [3.8, 4) is 0 Å². The molecule has 0 bridgehead atoms. The molecule has 16 heteroatoms. The van der Waals surface area contributed by atoms with Gasteiger partial charge in [0, 0.05) is 13.1 Å². The van der Waals surface area contributed by atoms with Crippen LogP contribution in [0.15, 0.2) is 40.6 Å². The minimum Gasteiger partial charge on any atom is -0.393 e. The number of anilines is 4. The number of amides is 1. The average molecular weight is 528 g/mol. The molecule has 0 aromatic carbocycles. The molecule has 1 saturated carbocycles. The maximum absolute atomic E-state index is 13.2. The van der Waals surface area contributed by atoms with Crippen molar-refractivity contribution in [2.75, 3.05) is 34.7 Å². The van der Waals surface area contributed by atoms with E-state index in [0.717, 1.165) is 4.57 Å². The van der Waals surface area contributed by atoms with Crippen molar-refractivity contribution in [2.45, 2.75) is 44.2 Å². The number of nitrogens with zero attached hydrogens (tertiary/aromatic N) is 7. The van der Waals surface area contributed by atoms with Gasteiger partial charge in [-0.05, 0) is 25.0 Å². The van der Waals surface area contributed by atoms with Crippen LogP contribution in [0.3, 0.4) is 0 Å². The molecule has 3 aromatic rings. The first kappa shape index (κ1) is 25.2. The van der Waals surface area contributed by atoms with Gasteiger partial charge in [-0.2, -0.15) is 5.43 Å². The van der Waals surface area contributed by atoms with E-state index in [9.17, 15) is 23.9 Å². The Morgan fingerprint density at radius 2 is 1.97 bits per heavy atom. The molecule has 1 aliphatic carbocycles. The third-order valence-corrected chi connectivity index (χ3v) is 6.39. The number of aliphatic hydroxyl groups is 1. The minimum atomic E-state index is -0.791. The number of hydrogen-bond donors (Lipinski definition) is 5. The van der Waals surface area contributed by atoms with Crippen LogP contribution in [0.2, 0.25) is 0 Å².